The average molecular weight is 333 g/mol. The Balaban J connectivity index is 2.11. The number of esters is 1. The Labute approximate surface area is 141 Å². The van der Waals surface area contributed by atoms with Crippen molar-refractivity contribution in [2.24, 2.45) is 0 Å². The van der Waals surface area contributed by atoms with Gasteiger partial charge in [-0.05, 0) is 26.3 Å². The van der Waals surface area contributed by atoms with Crippen LogP contribution in [0.5, 0.6) is 0 Å². The number of aromatic nitrogens is 2. The molecule has 1 N–H and O–H groups in total. The van der Waals surface area contributed by atoms with Crippen molar-refractivity contribution in [1.29, 1.82) is 0 Å². The predicted octanol–water partition coefficient (Wildman–Crippen LogP) is 3.78. The number of rotatable bonds is 8. The molecule has 0 saturated heterocycles. The maximum atomic E-state index is 11.2. The number of nitrogens with one attached hydrogen (secondary N) is 1. The highest BCUT2D eigenvalue weighted by Crippen LogP contribution is 2.30. The van der Waals surface area contributed by atoms with Gasteiger partial charge >= 0.3 is 5.97 Å². The van der Waals surface area contributed by atoms with Gasteiger partial charge in [0.1, 0.15) is 0 Å². The fourth-order valence-corrected chi connectivity index (χ4v) is 3.25. The van der Waals surface area contributed by atoms with Crippen molar-refractivity contribution in [3.05, 3.63) is 35.5 Å². The second-order valence-electron chi connectivity index (χ2n) is 5.32. The third kappa shape index (κ3) is 4.22. The zero-order chi connectivity index (χ0) is 16.8. The number of aryl methyl sites for hydroxylation is 1. The molecule has 0 aromatic carbocycles. The summed E-state index contributed by atoms with van der Waals surface area (Å²) in [5.41, 5.74) is 4.47. The molecule has 0 spiro atoms. The Morgan fingerprint density at radius 3 is 3.00 bits per heavy atom. The van der Waals surface area contributed by atoms with Gasteiger partial charge in [-0.2, -0.15) is 0 Å². The van der Waals surface area contributed by atoms with Crippen molar-refractivity contribution < 1.29 is 9.53 Å². The Kier molecular flexibility index (Phi) is 5.98. The van der Waals surface area contributed by atoms with Crippen LogP contribution in [0.15, 0.2) is 24.1 Å². The Morgan fingerprint density at radius 2 is 2.30 bits per heavy atom. The van der Waals surface area contributed by atoms with Crippen LogP contribution in [-0.4, -0.2) is 29.2 Å². The second-order valence-corrected chi connectivity index (χ2v) is 6.18. The molecule has 0 bridgehead atoms. The van der Waals surface area contributed by atoms with Crippen LogP contribution in [0.3, 0.4) is 0 Å². The molecule has 0 atom stereocenters. The minimum Gasteiger partial charge on any atom is -0.469 e. The van der Waals surface area contributed by atoms with Crippen LogP contribution in [0.25, 0.3) is 11.3 Å². The summed E-state index contributed by atoms with van der Waals surface area (Å²) in [4.78, 5) is 15.9. The number of carbonyl (C=O) groups excluding carboxylic acids is 1. The zero-order valence-corrected chi connectivity index (χ0v) is 14.7. The number of hydrogen-bond acceptors (Lipinski definition) is 5. The minimum absolute atomic E-state index is 0.162. The average Bonchev–Trinajstić information content (AvgIpc) is 3.11. The first-order valence-electron chi connectivity index (χ1n) is 7.61. The van der Waals surface area contributed by atoms with E-state index in [9.17, 15) is 4.79 Å². The highest BCUT2D eigenvalue weighted by molar-refractivity contribution is 7.14. The smallest absolute Gasteiger partial charge is 0.305 e. The standard InChI is InChI=1S/C17H23N3O2S/c1-5-8-18-17-19-15(11-23-17)14-10-12(2)20(13(14)3)9-6-7-16(21)22-4/h5,10-11H,1,6-9H2,2-4H3,(H,18,19). The topological polar surface area (TPSA) is 56.2 Å². The normalized spacial score (nSPS) is 10.6. The summed E-state index contributed by atoms with van der Waals surface area (Å²) in [7, 11) is 1.42. The highest BCUT2D eigenvalue weighted by atomic mass is 32.1. The number of hydrogen-bond donors (Lipinski definition) is 1. The number of thiazole rings is 1. The lowest BCUT2D eigenvalue weighted by molar-refractivity contribution is -0.140. The van der Waals surface area contributed by atoms with Gasteiger partial charge in [0.25, 0.3) is 0 Å². The van der Waals surface area contributed by atoms with E-state index in [2.05, 4.69) is 51.5 Å². The van der Waals surface area contributed by atoms with Crippen LogP contribution in [0.1, 0.15) is 24.2 Å². The summed E-state index contributed by atoms with van der Waals surface area (Å²) < 4.78 is 6.92. The maximum Gasteiger partial charge on any atom is 0.305 e. The summed E-state index contributed by atoms with van der Waals surface area (Å²) >= 11 is 1.59. The van der Waals surface area contributed by atoms with E-state index < -0.39 is 0 Å². The third-order valence-electron chi connectivity index (χ3n) is 3.74. The van der Waals surface area contributed by atoms with Gasteiger partial charge in [-0.3, -0.25) is 4.79 Å². The lowest BCUT2D eigenvalue weighted by Gasteiger charge is -2.09. The van der Waals surface area contributed by atoms with E-state index in [4.69, 9.17) is 0 Å². The van der Waals surface area contributed by atoms with E-state index in [1.54, 1.807) is 11.3 Å². The number of carbonyl (C=O) groups is 1. The van der Waals surface area contributed by atoms with E-state index in [1.165, 1.54) is 18.5 Å². The Bertz CT molecular complexity index is 688. The SMILES string of the molecule is C=CCNc1nc(-c2cc(C)n(CCCC(=O)OC)c2C)cs1. The van der Waals surface area contributed by atoms with Gasteiger partial charge in [-0.1, -0.05) is 6.08 Å². The molecule has 0 radical (unpaired) electrons. The molecule has 0 unspecified atom stereocenters. The molecule has 0 aliphatic rings. The van der Waals surface area contributed by atoms with Gasteiger partial charge < -0.3 is 14.6 Å². The predicted molar refractivity (Wildman–Crippen MR) is 95.0 cm³/mol. The number of nitrogens with zero attached hydrogens (tertiary/aromatic N) is 2. The summed E-state index contributed by atoms with van der Waals surface area (Å²) in [5.74, 6) is -0.162. The van der Waals surface area contributed by atoms with Gasteiger partial charge in [0.2, 0.25) is 0 Å². The Hall–Kier alpha value is -2.08. The van der Waals surface area contributed by atoms with Crippen molar-refractivity contribution in [2.75, 3.05) is 19.0 Å². The molecule has 0 aliphatic heterocycles. The molecule has 0 aliphatic carbocycles. The van der Waals surface area contributed by atoms with Gasteiger partial charge in [0, 0.05) is 41.8 Å². The van der Waals surface area contributed by atoms with Gasteiger partial charge in [-0.25, -0.2) is 4.98 Å². The van der Waals surface area contributed by atoms with Crippen LogP contribution in [-0.2, 0) is 16.1 Å². The van der Waals surface area contributed by atoms with Crippen LogP contribution in [0, 0.1) is 13.8 Å². The van der Waals surface area contributed by atoms with Crippen molar-refractivity contribution in [3.8, 4) is 11.3 Å². The first-order chi connectivity index (χ1) is 11.1. The molecular formula is C17H23N3O2S. The number of methoxy groups -OCH3 is 1. The van der Waals surface area contributed by atoms with Crippen molar-refractivity contribution in [2.45, 2.75) is 33.2 Å². The summed E-state index contributed by atoms with van der Waals surface area (Å²) in [6, 6.07) is 2.15. The minimum atomic E-state index is -0.162. The summed E-state index contributed by atoms with van der Waals surface area (Å²) in [6.07, 6.45) is 3.02. The van der Waals surface area contributed by atoms with Crippen molar-refractivity contribution in [1.82, 2.24) is 9.55 Å². The monoisotopic (exact) mass is 333 g/mol. The largest absolute Gasteiger partial charge is 0.469 e. The molecule has 2 heterocycles. The molecule has 0 amide bonds. The van der Waals surface area contributed by atoms with E-state index in [1.807, 2.05) is 6.08 Å². The first-order valence-corrected chi connectivity index (χ1v) is 8.49. The molecule has 5 nitrogen and oxygen atoms in total. The molecule has 23 heavy (non-hydrogen) atoms. The van der Waals surface area contributed by atoms with Gasteiger partial charge in [0.05, 0.1) is 12.8 Å². The fourth-order valence-electron chi connectivity index (χ4n) is 2.53. The third-order valence-corrected chi connectivity index (χ3v) is 4.54. The van der Waals surface area contributed by atoms with Crippen LogP contribution < -0.4 is 5.32 Å². The molecular weight excluding hydrogens is 310 g/mol. The van der Waals surface area contributed by atoms with E-state index in [0.29, 0.717) is 13.0 Å². The van der Waals surface area contributed by atoms with Crippen molar-refractivity contribution in [3.63, 3.8) is 0 Å². The molecule has 2 aromatic heterocycles. The molecule has 0 fully saturated rings. The quantitative estimate of drug-likeness (QED) is 0.590. The van der Waals surface area contributed by atoms with E-state index >= 15 is 0 Å². The molecule has 6 heteroatoms. The molecule has 2 rings (SSSR count). The molecule has 2 aromatic rings. The second kappa shape index (κ2) is 7.97. The lowest BCUT2D eigenvalue weighted by atomic mass is 10.2. The summed E-state index contributed by atoms with van der Waals surface area (Å²) in [6.45, 7) is 9.38. The fraction of sp³-hybridized carbons (Fsp3) is 0.412. The summed E-state index contributed by atoms with van der Waals surface area (Å²) in [5, 5.41) is 6.17. The number of anilines is 1. The van der Waals surface area contributed by atoms with Gasteiger partial charge in [-0.15, -0.1) is 17.9 Å². The zero-order valence-electron chi connectivity index (χ0n) is 13.9. The number of ether oxygens (including phenoxy) is 1. The first kappa shape index (κ1) is 17.3. The van der Waals surface area contributed by atoms with Crippen LogP contribution in [0.2, 0.25) is 0 Å². The molecule has 0 saturated carbocycles. The Morgan fingerprint density at radius 1 is 1.52 bits per heavy atom. The van der Waals surface area contributed by atoms with Gasteiger partial charge in [0.15, 0.2) is 5.13 Å². The maximum absolute atomic E-state index is 11.2. The van der Waals surface area contributed by atoms with Crippen molar-refractivity contribution >= 4 is 22.4 Å². The molecule has 124 valence electrons. The lowest BCUT2D eigenvalue weighted by Crippen LogP contribution is -2.06. The van der Waals surface area contributed by atoms with E-state index in [-0.39, 0.29) is 5.97 Å². The van der Waals surface area contributed by atoms with E-state index in [0.717, 1.165) is 29.4 Å². The van der Waals surface area contributed by atoms with Crippen LogP contribution >= 0.6 is 11.3 Å². The van der Waals surface area contributed by atoms with Crippen LogP contribution in [0.4, 0.5) is 5.13 Å². The highest BCUT2D eigenvalue weighted by Gasteiger charge is 2.14.